The molecule has 1 radical (unpaired) electrons. The van der Waals surface area contributed by atoms with Crippen LogP contribution in [0, 0.1) is 17.4 Å². The molecular formula is C16H15N2Y-. The van der Waals surface area contributed by atoms with Crippen molar-refractivity contribution < 1.29 is 32.7 Å². The molecule has 0 aliphatic carbocycles. The molecule has 2 rings (SSSR count). The van der Waals surface area contributed by atoms with Gasteiger partial charge in [0, 0.05) is 44.8 Å². The molecule has 0 atom stereocenters. The van der Waals surface area contributed by atoms with E-state index in [0.717, 1.165) is 29.1 Å². The van der Waals surface area contributed by atoms with Crippen LogP contribution in [0.25, 0.3) is 5.70 Å². The van der Waals surface area contributed by atoms with E-state index in [1.807, 2.05) is 37.3 Å². The molecule has 93 valence electrons. The van der Waals surface area contributed by atoms with Gasteiger partial charge >= 0.3 is 0 Å². The Bertz CT molecular complexity index is 574. The third-order valence-electron chi connectivity index (χ3n) is 3.08. The summed E-state index contributed by atoms with van der Waals surface area (Å²) in [5.74, 6) is 0. The van der Waals surface area contributed by atoms with E-state index in [2.05, 4.69) is 30.5 Å². The summed E-state index contributed by atoms with van der Waals surface area (Å²) in [6, 6.07) is 9.68. The van der Waals surface area contributed by atoms with Gasteiger partial charge in [-0.2, -0.15) is 17.4 Å². The normalized spacial score (nSPS) is 14.2. The van der Waals surface area contributed by atoms with E-state index in [4.69, 9.17) is 5.26 Å². The maximum Gasteiger partial charge on any atom is 0.0990 e. The monoisotopic (exact) mass is 324 g/mol. The SMILES string of the molecule is C=C1C(C)=C[C-]=C(c2ccc(C#N)cc2)N1CC.[Y]. The average Bonchev–Trinajstić information content (AvgIpc) is 2.42. The van der Waals surface area contributed by atoms with Gasteiger partial charge in [-0.05, 0) is 12.6 Å². The molecule has 3 heteroatoms. The number of allylic oxidation sites excluding steroid dienone is 3. The van der Waals surface area contributed by atoms with Crippen molar-refractivity contribution in [1.29, 1.82) is 5.26 Å². The molecule has 0 amide bonds. The summed E-state index contributed by atoms with van der Waals surface area (Å²) in [6.45, 7) is 9.08. The Morgan fingerprint density at radius 1 is 1.32 bits per heavy atom. The zero-order valence-corrected chi connectivity index (χ0v) is 14.1. The summed E-state index contributed by atoms with van der Waals surface area (Å²) in [6.07, 6.45) is 5.25. The second-order valence-corrected chi connectivity index (χ2v) is 4.20. The van der Waals surface area contributed by atoms with Crippen LogP contribution in [0.1, 0.15) is 25.0 Å². The summed E-state index contributed by atoms with van der Waals surface area (Å²) in [4.78, 5) is 2.14. The molecule has 0 saturated heterocycles. The standard InChI is InChI=1S/C16H15N2.Y/c1-4-18-13(3)12(2)5-10-16(18)15-8-6-14(11-17)7-9-15;/h5-9H,3-4H2,1-2H3;/q-1;. The number of benzene rings is 1. The molecule has 0 bridgehead atoms. The first kappa shape index (κ1) is 15.9. The molecular weight excluding hydrogens is 309 g/mol. The molecule has 1 aromatic rings. The molecule has 0 saturated carbocycles. The maximum absolute atomic E-state index is 8.81. The van der Waals surface area contributed by atoms with Crippen LogP contribution in [-0.2, 0) is 32.7 Å². The van der Waals surface area contributed by atoms with Gasteiger partial charge in [0.1, 0.15) is 0 Å². The summed E-state index contributed by atoms with van der Waals surface area (Å²) >= 11 is 0. The Hall–Kier alpha value is -1.17. The van der Waals surface area contributed by atoms with Gasteiger partial charge in [-0.1, -0.05) is 36.9 Å². The van der Waals surface area contributed by atoms with Gasteiger partial charge in [-0.3, -0.25) is 0 Å². The minimum atomic E-state index is 0. The minimum absolute atomic E-state index is 0. The number of rotatable bonds is 2. The van der Waals surface area contributed by atoms with E-state index in [-0.39, 0.29) is 32.7 Å². The summed E-state index contributed by atoms with van der Waals surface area (Å²) in [5.41, 5.74) is 4.88. The third kappa shape index (κ3) is 3.24. The average molecular weight is 324 g/mol. The fourth-order valence-electron chi connectivity index (χ4n) is 1.98. The van der Waals surface area contributed by atoms with Crippen LogP contribution in [0.3, 0.4) is 0 Å². The Kier molecular flexibility index (Phi) is 5.72. The maximum atomic E-state index is 8.81. The molecule has 0 aromatic heterocycles. The molecule has 1 heterocycles. The van der Waals surface area contributed by atoms with Crippen LogP contribution in [0.4, 0.5) is 0 Å². The smallest absolute Gasteiger partial charge is 0.0990 e. The van der Waals surface area contributed by atoms with Crippen LogP contribution in [0.2, 0.25) is 0 Å². The van der Waals surface area contributed by atoms with Crippen molar-refractivity contribution in [2.75, 3.05) is 6.54 Å². The summed E-state index contributed by atoms with van der Waals surface area (Å²) < 4.78 is 0. The molecule has 2 nitrogen and oxygen atoms in total. The van der Waals surface area contributed by atoms with Crippen LogP contribution in [0.5, 0.6) is 0 Å². The van der Waals surface area contributed by atoms with Crippen LogP contribution >= 0.6 is 0 Å². The fraction of sp³-hybridized carbons (Fsp3) is 0.188. The summed E-state index contributed by atoms with van der Waals surface area (Å²) in [7, 11) is 0. The van der Waals surface area contributed by atoms with Gasteiger partial charge in [0.25, 0.3) is 0 Å². The largest absolute Gasteiger partial charge is 0.376 e. The minimum Gasteiger partial charge on any atom is -0.376 e. The van der Waals surface area contributed by atoms with Gasteiger partial charge in [-0.25, -0.2) is 0 Å². The number of hydrogen-bond donors (Lipinski definition) is 0. The first-order valence-corrected chi connectivity index (χ1v) is 5.95. The second kappa shape index (κ2) is 6.84. The molecule has 1 aliphatic heterocycles. The van der Waals surface area contributed by atoms with Crippen LogP contribution < -0.4 is 0 Å². The van der Waals surface area contributed by atoms with Gasteiger partial charge in [0.15, 0.2) is 0 Å². The molecule has 0 fully saturated rings. The molecule has 1 aromatic carbocycles. The van der Waals surface area contributed by atoms with E-state index < -0.39 is 0 Å². The van der Waals surface area contributed by atoms with Crippen molar-refractivity contribution in [1.82, 2.24) is 4.90 Å². The molecule has 0 unspecified atom stereocenters. The number of nitriles is 1. The Balaban J connectivity index is 0.00000180. The third-order valence-corrected chi connectivity index (χ3v) is 3.08. The zero-order chi connectivity index (χ0) is 13.1. The fourth-order valence-corrected chi connectivity index (χ4v) is 1.98. The molecule has 1 aliphatic rings. The predicted octanol–water partition coefficient (Wildman–Crippen LogP) is 3.50. The molecule has 0 spiro atoms. The number of hydrogen-bond acceptors (Lipinski definition) is 2. The van der Waals surface area contributed by atoms with Crippen molar-refractivity contribution >= 4 is 5.70 Å². The second-order valence-electron chi connectivity index (χ2n) is 4.20. The van der Waals surface area contributed by atoms with E-state index >= 15 is 0 Å². The Labute approximate surface area is 140 Å². The van der Waals surface area contributed by atoms with Crippen LogP contribution in [-0.4, -0.2) is 11.4 Å². The number of nitrogens with zero attached hydrogens (tertiary/aromatic N) is 2. The van der Waals surface area contributed by atoms with Crippen molar-refractivity contribution in [3.63, 3.8) is 0 Å². The van der Waals surface area contributed by atoms with Crippen molar-refractivity contribution in [3.8, 4) is 6.07 Å². The summed E-state index contributed by atoms with van der Waals surface area (Å²) in [5, 5.41) is 8.81. The van der Waals surface area contributed by atoms with Gasteiger partial charge in [0.05, 0.1) is 6.07 Å². The zero-order valence-electron chi connectivity index (χ0n) is 11.3. The molecule has 0 N–H and O–H groups in total. The molecule has 19 heavy (non-hydrogen) atoms. The van der Waals surface area contributed by atoms with Crippen molar-refractivity contribution in [2.45, 2.75) is 13.8 Å². The van der Waals surface area contributed by atoms with E-state index in [9.17, 15) is 0 Å². The first-order chi connectivity index (χ1) is 8.67. The van der Waals surface area contributed by atoms with Crippen LogP contribution in [0.15, 0.2) is 48.2 Å². The quantitative estimate of drug-likeness (QED) is 0.779. The van der Waals surface area contributed by atoms with Gasteiger partial charge in [-0.15, -0.1) is 17.7 Å². The van der Waals surface area contributed by atoms with Crippen molar-refractivity contribution in [3.05, 3.63) is 65.4 Å². The number of likely N-dealkylation sites (N-methyl/N-ethyl adjacent to an activating group) is 1. The Morgan fingerprint density at radius 2 is 1.95 bits per heavy atom. The topological polar surface area (TPSA) is 27.0 Å². The predicted molar refractivity (Wildman–Crippen MR) is 73.1 cm³/mol. The van der Waals surface area contributed by atoms with Gasteiger partial charge < -0.3 is 4.90 Å². The first-order valence-electron chi connectivity index (χ1n) is 5.95. The van der Waals surface area contributed by atoms with Gasteiger partial charge in [0.2, 0.25) is 0 Å². The van der Waals surface area contributed by atoms with E-state index in [0.29, 0.717) is 5.56 Å². The van der Waals surface area contributed by atoms with Crippen molar-refractivity contribution in [2.24, 2.45) is 0 Å². The van der Waals surface area contributed by atoms with E-state index in [1.54, 1.807) is 0 Å². The Morgan fingerprint density at radius 3 is 2.47 bits per heavy atom. The van der Waals surface area contributed by atoms with E-state index in [1.165, 1.54) is 0 Å².